The molecule has 144 valence electrons. The number of nitrogens with one attached hydrogen (secondary N) is 2. The third-order valence-electron chi connectivity index (χ3n) is 5.51. The van der Waals surface area contributed by atoms with Gasteiger partial charge in [-0.15, -0.1) is 0 Å². The Morgan fingerprint density at radius 1 is 1.33 bits per heavy atom. The largest absolute Gasteiger partial charge is 0.343 e. The average molecular weight is 369 g/mol. The third-order valence-corrected chi connectivity index (χ3v) is 5.51. The van der Waals surface area contributed by atoms with E-state index >= 15 is 0 Å². The highest BCUT2D eigenvalue weighted by Crippen LogP contribution is 2.31. The molecule has 0 spiro atoms. The number of piperazine rings is 1. The Balaban J connectivity index is 1.49. The Morgan fingerprint density at radius 2 is 2.11 bits per heavy atom. The molecular formula is C20H27N5O2. The van der Waals surface area contributed by atoms with Gasteiger partial charge in [-0.3, -0.25) is 9.59 Å². The number of carbonyl (C=O) groups is 2. The summed E-state index contributed by atoms with van der Waals surface area (Å²) in [6, 6.07) is 3.63. The first-order valence-corrected chi connectivity index (χ1v) is 9.64. The fourth-order valence-electron chi connectivity index (χ4n) is 3.79. The van der Waals surface area contributed by atoms with E-state index in [1.807, 2.05) is 54.6 Å². The normalized spacial score (nSPS) is 20.7. The lowest BCUT2D eigenvalue weighted by atomic mass is 10.0. The van der Waals surface area contributed by atoms with Crippen LogP contribution >= 0.6 is 0 Å². The highest BCUT2D eigenvalue weighted by Gasteiger charge is 2.38. The zero-order valence-corrected chi connectivity index (χ0v) is 16.2. The van der Waals surface area contributed by atoms with Crippen molar-refractivity contribution in [2.45, 2.75) is 45.2 Å². The van der Waals surface area contributed by atoms with Crippen LogP contribution in [-0.2, 0) is 15.1 Å². The summed E-state index contributed by atoms with van der Waals surface area (Å²) in [5.74, 6) is 1.07. The molecule has 1 aliphatic carbocycles. The van der Waals surface area contributed by atoms with Crippen molar-refractivity contribution in [3.63, 3.8) is 0 Å². The second kappa shape index (κ2) is 6.64. The van der Waals surface area contributed by atoms with E-state index in [9.17, 15) is 9.59 Å². The van der Waals surface area contributed by atoms with Crippen molar-refractivity contribution in [3.05, 3.63) is 35.9 Å². The number of aromatic nitrogens is 2. The third kappa shape index (κ3) is 3.43. The lowest BCUT2D eigenvalue weighted by Crippen LogP contribution is -2.60. The number of carbonyl (C=O) groups excluding carboxylic acids is 2. The van der Waals surface area contributed by atoms with Crippen molar-refractivity contribution in [2.24, 2.45) is 5.92 Å². The van der Waals surface area contributed by atoms with Crippen molar-refractivity contribution in [3.8, 4) is 0 Å². The topological polar surface area (TPSA) is 78.7 Å². The van der Waals surface area contributed by atoms with Gasteiger partial charge in [0.1, 0.15) is 11.9 Å². The van der Waals surface area contributed by atoms with Gasteiger partial charge in [0.25, 0.3) is 0 Å². The number of imidazole rings is 1. The van der Waals surface area contributed by atoms with Crippen molar-refractivity contribution >= 4 is 17.3 Å². The fourth-order valence-corrected chi connectivity index (χ4v) is 3.79. The summed E-state index contributed by atoms with van der Waals surface area (Å²) in [5.41, 5.74) is 1.54. The molecule has 2 fully saturated rings. The second-order valence-corrected chi connectivity index (χ2v) is 8.21. The van der Waals surface area contributed by atoms with E-state index in [0.29, 0.717) is 19.6 Å². The minimum absolute atomic E-state index is 0.0994. The summed E-state index contributed by atoms with van der Waals surface area (Å²) in [5, 5.41) is 6.37. The number of rotatable bonds is 4. The van der Waals surface area contributed by atoms with Gasteiger partial charge in [0, 0.05) is 31.7 Å². The molecule has 0 unspecified atom stereocenters. The number of pyridine rings is 1. The van der Waals surface area contributed by atoms with E-state index in [1.165, 1.54) is 0 Å². The Bertz CT molecular complexity index is 884. The molecule has 2 aromatic heterocycles. The zero-order valence-electron chi connectivity index (χ0n) is 16.2. The second-order valence-electron chi connectivity index (χ2n) is 8.21. The van der Waals surface area contributed by atoms with E-state index in [4.69, 9.17) is 0 Å². The van der Waals surface area contributed by atoms with Gasteiger partial charge < -0.3 is 19.9 Å². The van der Waals surface area contributed by atoms with Crippen LogP contribution < -0.4 is 10.6 Å². The van der Waals surface area contributed by atoms with Crippen molar-refractivity contribution < 1.29 is 9.59 Å². The molecule has 2 amide bonds. The standard InChI is InChI=1S/C20H27N5O2/c1-13-5-4-9-25-16(13)11-22-19(25)20(2,3)23-17(26)15-12-24(10-8-21-15)18(27)14-6-7-14/h4-5,9,11,14-15,21H,6-8,10,12H2,1-3H3,(H,23,26)/t15-/m0/s1. The first-order chi connectivity index (χ1) is 12.9. The summed E-state index contributed by atoms with van der Waals surface area (Å²) in [6.45, 7) is 7.70. The number of fused-ring (bicyclic) bond motifs is 1. The van der Waals surface area contributed by atoms with Crippen molar-refractivity contribution in [2.75, 3.05) is 19.6 Å². The smallest absolute Gasteiger partial charge is 0.239 e. The number of nitrogens with zero attached hydrogens (tertiary/aromatic N) is 3. The molecular weight excluding hydrogens is 342 g/mol. The summed E-state index contributed by atoms with van der Waals surface area (Å²) in [7, 11) is 0. The van der Waals surface area contributed by atoms with Crippen LogP contribution in [0.2, 0.25) is 0 Å². The number of hydrogen-bond acceptors (Lipinski definition) is 4. The zero-order chi connectivity index (χ0) is 19.2. The van der Waals surface area contributed by atoms with Crippen LogP contribution in [0.4, 0.5) is 0 Å². The predicted octanol–water partition coefficient (Wildman–Crippen LogP) is 1.20. The van der Waals surface area contributed by atoms with Gasteiger partial charge in [-0.1, -0.05) is 6.07 Å². The Labute approximate surface area is 159 Å². The Hall–Kier alpha value is -2.41. The molecule has 2 aromatic rings. The first-order valence-electron chi connectivity index (χ1n) is 9.64. The molecule has 7 heteroatoms. The van der Waals surface area contributed by atoms with Gasteiger partial charge in [0.2, 0.25) is 11.8 Å². The maximum absolute atomic E-state index is 12.9. The van der Waals surface area contributed by atoms with Gasteiger partial charge in [-0.05, 0) is 45.2 Å². The quantitative estimate of drug-likeness (QED) is 0.849. The monoisotopic (exact) mass is 369 g/mol. The number of aryl methyl sites for hydroxylation is 1. The van der Waals surface area contributed by atoms with E-state index in [1.54, 1.807) is 0 Å². The molecule has 0 radical (unpaired) electrons. The average Bonchev–Trinajstić information content (AvgIpc) is 3.39. The molecule has 1 aliphatic heterocycles. The van der Waals surface area contributed by atoms with Crippen LogP contribution in [0.25, 0.3) is 5.52 Å². The van der Waals surface area contributed by atoms with E-state index in [0.717, 1.165) is 29.7 Å². The fraction of sp³-hybridized carbons (Fsp3) is 0.550. The lowest BCUT2D eigenvalue weighted by molar-refractivity contribution is -0.135. The summed E-state index contributed by atoms with van der Waals surface area (Å²) >= 11 is 0. The number of hydrogen-bond donors (Lipinski definition) is 2. The molecule has 7 nitrogen and oxygen atoms in total. The molecule has 1 saturated carbocycles. The minimum Gasteiger partial charge on any atom is -0.343 e. The summed E-state index contributed by atoms with van der Waals surface area (Å²) < 4.78 is 2.02. The Kier molecular flexibility index (Phi) is 4.42. The molecule has 1 saturated heterocycles. The lowest BCUT2D eigenvalue weighted by Gasteiger charge is -2.35. The van der Waals surface area contributed by atoms with Gasteiger partial charge in [-0.2, -0.15) is 0 Å². The molecule has 2 N–H and O–H groups in total. The summed E-state index contributed by atoms with van der Waals surface area (Å²) in [4.78, 5) is 31.6. The van der Waals surface area contributed by atoms with E-state index in [-0.39, 0.29) is 17.7 Å². The molecule has 3 heterocycles. The molecule has 0 aromatic carbocycles. The van der Waals surface area contributed by atoms with Crippen molar-refractivity contribution in [1.82, 2.24) is 24.9 Å². The number of amides is 2. The first kappa shape index (κ1) is 18.0. The van der Waals surface area contributed by atoms with Gasteiger partial charge in [-0.25, -0.2) is 4.98 Å². The SMILES string of the molecule is Cc1cccn2c(C(C)(C)NC(=O)[C@@H]3CN(C(=O)C4CC4)CCN3)ncc12. The van der Waals surface area contributed by atoms with Gasteiger partial charge >= 0.3 is 0 Å². The van der Waals surface area contributed by atoms with Crippen molar-refractivity contribution in [1.29, 1.82) is 0 Å². The van der Waals surface area contributed by atoms with Crippen LogP contribution in [0.3, 0.4) is 0 Å². The van der Waals surface area contributed by atoms with Crippen LogP contribution in [0.15, 0.2) is 24.5 Å². The van der Waals surface area contributed by atoms with Crippen LogP contribution in [0.1, 0.15) is 38.1 Å². The van der Waals surface area contributed by atoms with E-state index in [2.05, 4.69) is 15.6 Å². The molecule has 0 bridgehead atoms. The predicted molar refractivity (Wildman–Crippen MR) is 102 cm³/mol. The van der Waals surface area contributed by atoms with E-state index < -0.39 is 11.6 Å². The highest BCUT2D eigenvalue weighted by atomic mass is 16.2. The molecule has 2 aliphatic rings. The minimum atomic E-state index is -0.637. The highest BCUT2D eigenvalue weighted by molar-refractivity contribution is 5.85. The van der Waals surface area contributed by atoms with Gasteiger partial charge in [0.15, 0.2) is 0 Å². The Morgan fingerprint density at radius 3 is 2.85 bits per heavy atom. The van der Waals surface area contributed by atoms with Crippen LogP contribution in [-0.4, -0.2) is 51.8 Å². The maximum Gasteiger partial charge on any atom is 0.239 e. The maximum atomic E-state index is 12.9. The van der Waals surface area contributed by atoms with Crippen LogP contribution in [0, 0.1) is 12.8 Å². The molecule has 4 rings (SSSR count). The van der Waals surface area contributed by atoms with Gasteiger partial charge in [0.05, 0.1) is 17.3 Å². The molecule has 1 atom stereocenters. The molecule has 27 heavy (non-hydrogen) atoms. The summed E-state index contributed by atoms with van der Waals surface area (Å²) in [6.07, 6.45) is 5.78. The van der Waals surface area contributed by atoms with Crippen LogP contribution in [0.5, 0.6) is 0 Å².